The van der Waals surface area contributed by atoms with Gasteiger partial charge in [-0.25, -0.2) is 0 Å². The predicted octanol–water partition coefficient (Wildman–Crippen LogP) is 0.466. The number of aliphatic hydroxyl groups excluding tert-OH is 2. The van der Waals surface area contributed by atoms with Crippen molar-refractivity contribution in [2.75, 3.05) is 6.61 Å². The zero-order valence-corrected chi connectivity index (χ0v) is 8.58. The Balaban J connectivity index is 2.40. The minimum Gasteiger partial charge on any atom is -0.395 e. The third-order valence-electron chi connectivity index (χ3n) is 2.18. The molecule has 0 unspecified atom stereocenters. The van der Waals surface area contributed by atoms with Crippen molar-refractivity contribution in [2.45, 2.75) is 18.6 Å². The molecule has 0 saturated heterocycles. The number of aliphatic hydroxyl groups is 2. The van der Waals surface area contributed by atoms with Crippen LogP contribution in [-0.4, -0.2) is 29.0 Å². The fourth-order valence-electron chi connectivity index (χ4n) is 1.21. The van der Waals surface area contributed by atoms with Crippen molar-refractivity contribution >= 4 is 0 Å². The maximum atomic E-state index is 9.42. The average molecular weight is 207 g/mol. The number of rotatable bonds is 5. The molecule has 0 radical (unpaired) electrons. The molecule has 0 saturated carbocycles. The van der Waals surface area contributed by atoms with E-state index in [1.54, 1.807) is 6.08 Å². The van der Waals surface area contributed by atoms with E-state index >= 15 is 0 Å². The van der Waals surface area contributed by atoms with Gasteiger partial charge in [-0.15, -0.1) is 0 Å². The zero-order valence-electron chi connectivity index (χ0n) is 8.58. The Bertz CT molecular complexity index is 298. The molecule has 0 amide bonds. The van der Waals surface area contributed by atoms with Crippen LogP contribution in [0, 0.1) is 0 Å². The van der Waals surface area contributed by atoms with Crippen LogP contribution in [0.25, 0.3) is 0 Å². The van der Waals surface area contributed by atoms with Crippen molar-refractivity contribution in [3.05, 3.63) is 48.0 Å². The first-order valence-electron chi connectivity index (χ1n) is 4.99. The number of benzene rings is 1. The molecule has 0 aliphatic heterocycles. The van der Waals surface area contributed by atoms with Crippen molar-refractivity contribution in [1.29, 1.82) is 0 Å². The second-order valence-electron chi connectivity index (χ2n) is 3.45. The minimum absolute atomic E-state index is 0.211. The normalized spacial score (nSPS) is 15.4. The van der Waals surface area contributed by atoms with E-state index in [-0.39, 0.29) is 6.61 Å². The standard InChI is InChI=1S/C12H17NO2/c13-11(9-14)12(15)8-4-7-10-5-2-1-3-6-10/h1-6,8,11-12,14-15H,7,9,13H2/b8-4+/t11-,12+/m0/s1. The van der Waals surface area contributed by atoms with Gasteiger partial charge in [-0.05, 0) is 12.0 Å². The summed E-state index contributed by atoms with van der Waals surface area (Å²) >= 11 is 0. The molecule has 2 atom stereocenters. The second-order valence-corrected chi connectivity index (χ2v) is 3.45. The Kier molecular flexibility index (Phi) is 5.04. The first kappa shape index (κ1) is 11.9. The molecular weight excluding hydrogens is 190 g/mol. The van der Waals surface area contributed by atoms with E-state index in [1.165, 1.54) is 5.56 Å². The zero-order chi connectivity index (χ0) is 11.1. The van der Waals surface area contributed by atoms with Gasteiger partial charge in [0, 0.05) is 0 Å². The van der Waals surface area contributed by atoms with E-state index in [4.69, 9.17) is 10.8 Å². The van der Waals surface area contributed by atoms with E-state index in [9.17, 15) is 5.11 Å². The quantitative estimate of drug-likeness (QED) is 0.615. The van der Waals surface area contributed by atoms with Crippen LogP contribution in [0.4, 0.5) is 0 Å². The first-order valence-corrected chi connectivity index (χ1v) is 4.99. The smallest absolute Gasteiger partial charge is 0.0894 e. The van der Waals surface area contributed by atoms with Gasteiger partial charge in [0.25, 0.3) is 0 Å². The summed E-state index contributed by atoms with van der Waals surface area (Å²) in [5.74, 6) is 0. The maximum absolute atomic E-state index is 9.42. The van der Waals surface area contributed by atoms with Gasteiger partial charge in [0.2, 0.25) is 0 Å². The summed E-state index contributed by atoms with van der Waals surface area (Å²) in [6.07, 6.45) is 3.46. The number of nitrogens with two attached hydrogens (primary N) is 1. The largest absolute Gasteiger partial charge is 0.395 e. The van der Waals surface area contributed by atoms with E-state index in [2.05, 4.69) is 0 Å². The summed E-state index contributed by atoms with van der Waals surface area (Å²) in [6, 6.07) is 9.34. The number of allylic oxidation sites excluding steroid dienone is 1. The molecule has 0 aliphatic carbocycles. The molecule has 1 aromatic rings. The number of hydrogen-bond donors (Lipinski definition) is 3. The van der Waals surface area contributed by atoms with Crippen molar-refractivity contribution in [3.8, 4) is 0 Å². The van der Waals surface area contributed by atoms with Crippen LogP contribution in [-0.2, 0) is 6.42 Å². The molecule has 15 heavy (non-hydrogen) atoms. The molecular formula is C12H17NO2. The van der Waals surface area contributed by atoms with E-state index < -0.39 is 12.1 Å². The molecule has 3 nitrogen and oxygen atoms in total. The lowest BCUT2D eigenvalue weighted by Gasteiger charge is -2.11. The SMILES string of the molecule is N[C@@H](CO)[C@H](O)/C=C/Cc1ccccc1. The van der Waals surface area contributed by atoms with E-state index in [1.807, 2.05) is 36.4 Å². The summed E-state index contributed by atoms with van der Waals surface area (Å²) in [5, 5.41) is 18.1. The van der Waals surface area contributed by atoms with E-state index in [0.29, 0.717) is 0 Å². The maximum Gasteiger partial charge on any atom is 0.0894 e. The van der Waals surface area contributed by atoms with Crippen LogP contribution in [0.3, 0.4) is 0 Å². The van der Waals surface area contributed by atoms with Crippen molar-refractivity contribution < 1.29 is 10.2 Å². The fourth-order valence-corrected chi connectivity index (χ4v) is 1.21. The average Bonchev–Trinajstić information content (AvgIpc) is 2.29. The van der Waals surface area contributed by atoms with Crippen molar-refractivity contribution in [1.82, 2.24) is 0 Å². The van der Waals surface area contributed by atoms with Gasteiger partial charge >= 0.3 is 0 Å². The van der Waals surface area contributed by atoms with Gasteiger partial charge in [-0.2, -0.15) is 0 Å². The summed E-state index contributed by atoms with van der Waals surface area (Å²) < 4.78 is 0. The Morgan fingerprint density at radius 1 is 1.27 bits per heavy atom. The number of hydrogen-bond acceptors (Lipinski definition) is 3. The van der Waals surface area contributed by atoms with Crippen LogP contribution in [0.2, 0.25) is 0 Å². The third-order valence-corrected chi connectivity index (χ3v) is 2.18. The lowest BCUT2D eigenvalue weighted by molar-refractivity contribution is 0.144. The summed E-state index contributed by atoms with van der Waals surface area (Å²) in [7, 11) is 0. The molecule has 82 valence electrons. The Hall–Kier alpha value is -1.16. The lowest BCUT2D eigenvalue weighted by atomic mass is 10.1. The molecule has 0 bridgehead atoms. The Morgan fingerprint density at radius 3 is 2.53 bits per heavy atom. The molecule has 0 aliphatic rings. The first-order chi connectivity index (χ1) is 7.24. The summed E-state index contributed by atoms with van der Waals surface area (Å²) in [5.41, 5.74) is 6.62. The van der Waals surface area contributed by atoms with Gasteiger partial charge in [-0.3, -0.25) is 0 Å². The molecule has 1 rings (SSSR count). The highest BCUT2D eigenvalue weighted by Gasteiger charge is 2.08. The van der Waals surface area contributed by atoms with Gasteiger partial charge in [-0.1, -0.05) is 42.5 Å². The third kappa shape index (κ3) is 4.25. The molecule has 3 heteroatoms. The van der Waals surface area contributed by atoms with Gasteiger partial charge in [0.1, 0.15) is 0 Å². The molecule has 4 N–H and O–H groups in total. The van der Waals surface area contributed by atoms with Crippen LogP contribution in [0.5, 0.6) is 0 Å². The molecule has 0 heterocycles. The Morgan fingerprint density at radius 2 is 1.93 bits per heavy atom. The van der Waals surface area contributed by atoms with Crippen molar-refractivity contribution in [3.63, 3.8) is 0 Å². The van der Waals surface area contributed by atoms with Crippen LogP contribution in [0.1, 0.15) is 5.56 Å². The fraction of sp³-hybridized carbons (Fsp3) is 0.333. The van der Waals surface area contributed by atoms with Gasteiger partial charge in [0.05, 0.1) is 18.8 Å². The highest BCUT2D eigenvalue weighted by Crippen LogP contribution is 2.01. The molecule has 1 aromatic carbocycles. The van der Waals surface area contributed by atoms with Gasteiger partial charge in [0.15, 0.2) is 0 Å². The summed E-state index contributed by atoms with van der Waals surface area (Å²) in [6.45, 7) is -0.211. The van der Waals surface area contributed by atoms with Crippen LogP contribution < -0.4 is 5.73 Å². The lowest BCUT2D eigenvalue weighted by Crippen LogP contribution is -2.36. The van der Waals surface area contributed by atoms with E-state index in [0.717, 1.165) is 6.42 Å². The van der Waals surface area contributed by atoms with Crippen LogP contribution >= 0.6 is 0 Å². The molecule has 0 aromatic heterocycles. The minimum atomic E-state index is -0.779. The topological polar surface area (TPSA) is 66.5 Å². The molecule has 0 fully saturated rings. The Labute approximate surface area is 89.9 Å². The van der Waals surface area contributed by atoms with Crippen molar-refractivity contribution in [2.24, 2.45) is 5.73 Å². The molecule has 0 spiro atoms. The van der Waals surface area contributed by atoms with Gasteiger partial charge < -0.3 is 15.9 Å². The monoisotopic (exact) mass is 207 g/mol. The summed E-state index contributed by atoms with van der Waals surface area (Å²) in [4.78, 5) is 0. The second kappa shape index (κ2) is 6.35. The van der Waals surface area contributed by atoms with Crippen LogP contribution in [0.15, 0.2) is 42.5 Å². The highest BCUT2D eigenvalue weighted by molar-refractivity contribution is 5.17. The predicted molar refractivity (Wildman–Crippen MR) is 60.4 cm³/mol. The highest BCUT2D eigenvalue weighted by atomic mass is 16.3.